The number of hydrogen-bond acceptors (Lipinski definition) is 6. The van der Waals surface area contributed by atoms with E-state index in [9.17, 15) is 9.59 Å². The zero-order chi connectivity index (χ0) is 29.3. The van der Waals surface area contributed by atoms with Gasteiger partial charge in [-0.25, -0.2) is 15.1 Å². The maximum atomic E-state index is 13.3. The topological polar surface area (TPSA) is 83.1 Å². The number of ether oxygens (including phenoxy) is 3. The van der Waals surface area contributed by atoms with E-state index < -0.39 is 11.9 Å². The van der Waals surface area contributed by atoms with E-state index in [0.717, 1.165) is 59.5 Å². The van der Waals surface area contributed by atoms with Crippen molar-refractivity contribution in [3.8, 4) is 16.9 Å². The lowest BCUT2D eigenvalue weighted by Crippen LogP contribution is -2.50. The number of nitrogens with one attached hydrogen (secondary N) is 1. The Bertz CT molecular complexity index is 1290. The third kappa shape index (κ3) is 6.13. The van der Waals surface area contributed by atoms with Crippen molar-refractivity contribution in [2.75, 3.05) is 13.7 Å². The highest BCUT2D eigenvalue weighted by Crippen LogP contribution is 2.62. The summed E-state index contributed by atoms with van der Waals surface area (Å²) in [5, 5.41) is 0. The molecule has 42 heavy (non-hydrogen) atoms. The summed E-state index contributed by atoms with van der Waals surface area (Å²) in [5.74, 6) is 2.40. The van der Waals surface area contributed by atoms with Gasteiger partial charge in [-0.1, -0.05) is 30.3 Å². The van der Waals surface area contributed by atoms with Crippen molar-refractivity contribution in [3.63, 3.8) is 0 Å². The fraction of sp³-hybridized carbons (Fsp3) is 0.543. The zero-order valence-corrected chi connectivity index (χ0v) is 25.0. The predicted molar refractivity (Wildman–Crippen MR) is 160 cm³/mol. The summed E-state index contributed by atoms with van der Waals surface area (Å²) in [6.07, 6.45) is 13.2. The van der Waals surface area contributed by atoms with Gasteiger partial charge < -0.3 is 14.2 Å². The number of carbonyl (C=O) groups excluding carboxylic acids is 2. The number of esters is 1. The van der Waals surface area contributed by atoms with E-state index >= 15 is 0 Å². The van der Waals surface area contributed by atoms with Gasteiger partial charge in [-0.15, -0.1) is 0 Å². The molecule has 7 nitrogen and oxygen atoms in total. The van der Waals surface area contributed by atoms with Crippen molar-refractivity contribution in [2.45, 2.75) is 88.9 Å². The lowest BCUT2D eigenvalue weighted by Gasteiger charge is -2.57. The summed E-state index contributed by atoms with van der Waals surface area (Å²) in [4.78, 5) is 30.3. The van der Waals surface area contributed by atoms with E-state index in [0.29, 0.717) is 6.61 Å². The summed E-state index contributed by atoms with van der Waals surface area (Å²) >= 11 is 0. The van der Waals surface area contributed by atoms with Gasteiger partial charge >= 0.3 is 5.97 Å². The second-order valence-electron chi connectivity index (χ2n) is 13.3. The van der Waals surface area contributed by atoms with Crippen LogP contribution in [0.5, 0.6) is 5.75 Å². The zero-order valence-electron chi connectivity index (χ0n) is 25.0. The van der Waals surface area contributed by atoms with Gasteiger partial charge in [0.05, 0.1) is 7.11 Å². The Morgan fingerprint density at radius 2 is 1.62 bits per heavy atom. The number of methoxy groups -OCH3 is 1. The fourth-order valence-corrected chi connectivity index (χ4v) is 8.04. The first kappa shape index (κ1) is 28.9. The average molecular weight is 574 g/mol. The Labute approximate surface area is 248 Å². The van der Waals surface area contributed by atoms with E-state index in [1.165, 1.54) is 57.3 Å². The molecule has 1 saturated heterocycles. The van der Waals surface area contributed by atoms with Crippen molar-refractivity contribution in [1.82, 2.24) is 5.48 Å². The van der Waals surface area contributed by atoms with Crippen molar-refractivity contribution in [2.24, 2.45) is 17.8 Å². The SMILES string of the molecule is COC(=O)C=Cc1ccc(-c2ccc(OC(C)(C)C(=O)NOC3CCCCO3)c(C34CC5CC(CC(C5)C3)C4)c2)cc1. The standard InChI is InChI=1S/C35H43NO6/c1-34(2,33(38)36-42-32-6-4-5-15-40-32)41-30-13-12-28(27-10-7-23(8-11-27)9-14-31(37)39-3)19-29(30)35-20-24-16-25(21-35)18-26(17-24)22-35/h7-14,19,24-26,32H,4-6,15-18,20-22H2,1-3H3,(H,36,38). The van der Waals surface area contributed by atoms with E-state index in [-0.39, 0.29) is 17.3 Å². The molecule has 4 aliphatic carbocycles. The molecule has 1 unspecified atom stereocenters. The molecule has 1 aliphatic heterocycles. The Kier molecular flexibility index (Phi) is 8.16. The van der Waals surface area contributed by atoms with E-state index in [4.69, 9.17) is 19.0 Å². The van der Waals surface area contributed by atoms with Gasteiger partial charge in [0.25, 0.3) is 5.91 Å². The quantitative estimate of drug-likeness (QED) is 0.203. The van der Waals surface area contributed by atoms with Gasteiger partial charge in [0, 0.05) is 24.7 Å². The smallest absolute Gasteiger partial charge is 0.330 e. The first-order chi connectivity index (χ1) is 20.2. The highest BCUT2D eigenvalue weighted by Gasteiger charge is 2.53. The van der Waals surface area contributed by atoms with Crippen LogP contribution in [0.1, 0.15) is 82.8 Å². The van der Waals surface area contributed by atoms with Gasteiger partial charge in [-0.2, -0.15) is 0 Å². The number of amides is 1. The molecule has 2 aromatic carbocycles. The number of hydrogen-bond donors (Lipinski definition) is 1. The Morgan fingerprint density at radius 1 is 0.952 bits per heavy atom. The second kappa shape index (κ2) is 11.8. The molecule has 0 spiro atoms. The van der Waals surface area contributed by atoms with E-state index in [1.807, 2.05) is 12.1 Å². The molecule has 5 fully saturated rings. The van der Waals surface area contributed by atoms with Crippen LogP contribution < -0.4 is 10.2 Å². The maximum Gasteiger partial charge on any atom is 0.330 e. The van der Waals surface area contributed by atoms with Crippen LogP contribution in [0.2, 0.25) is 0 Å². The van der Waals surface area contributed by atoms with Crippen LogP contribution in [0.25, 0.3) is 17.2 Å². The summed E-state index contributed by atoms with van der Waals surface area (Å²) in [7, 11) is 1.37. The molecule has 2 aromatic rings. The lowest BCUT2D eigenvalue weighted by molar-refractivity contribution is -0.205. The highest BCUT2D eigenvalue weighted by molar-refractivity contribution is 5.87. The average Bonchev–Trinajstić information content (AvgIpc) is 2.98. The number of benzene rings is 2. The van der Waals surface area contributed by atoms with Crippen molar-refractivity contribution in [1.29, 1.82) is 0 Å². The van der Waals surface area contributed by atoms with Crippen LogP contribution in [0.15, 0.2) is 48.5 Å². The van der Waals surface area contributed by atoms with Crippen LogP contribution in [0.4, 0.5) is 0 Å². The van der Waals surface area contributed by atoms with Crippen LogP contribution in [-0.2, 0) is 29.3 Å². The summed E-state index contributed by atoms with van der Waals surface area (Å²) in [6, 6.07) is 14.6. The molecule has 4 saturated carbocycles. The predicted octanol–water partition coefficient (Wildman–Crippen LogP) is 6.74. The summed E-state index contributed by atoms with van der Waals surface area (Å²) in [5.41, 5.74) is 5.92. The maximum absolute atomic E-state index is 13.3. The molecule has 5 aliphatic rings. The lowest BCUT2D eigenvalue weighted by atomic mass is 9.48. The molecule has 0 radical (unpaired) electrons. The Morgan fingerprint density at radius 3 is 2.24 bits per heavy atom. The molecule has 1 N–H and O–H groups in total. The monoisotopic (exact) mass is 573 g/mol. The molecule has 1 amide bonds. The summed E-state index contributed by atoms with van der Waals surface area (Å²) < 4.78 is 16.9. The third-order valence-electron chi connectivity index (χ3n) is 9.78. The molecule has 4 bridgehead atoms. The molecule has 1 heterocycles. The molecular weight excluding hydrogens is 530 g/mol. The van der Waals surface area contributed by atoms with Crippen LogP contribution in [-0.4, -0.2) is 37.5 Å². The second-order valence-corrected chi connectivity index (χ2v) is 13.3. The van der Waals surface area contributed by atoms with Crippen molar-refractivity contribution in [3.05, 3.63) is 59.7 Å². The van der Waals surface area contributed by atoms with Crippen molar-refractivity contribution >= 4 is 18.0 Å². The Balaban J connectivity index is 1.28. The molecule has 1 atom stereocenters. The first-order valence-electron chi connectivity index (χ1n) is 15.5. The minimum Gasteiger partial charge on any atom is -0.478 e. The Hall–Kier alpha value is -3.16. The van der Waals surface area contributed by atoms with Crippen LogP contribution in [0.3, 0.4) is 0 Å². The molecule has 7 rings (SSSR count). The van der Waals surface area contributed by atoms with Gasteiger partial charge in [0.1, 0.15) is 5.75 Å². The third-order valence-corrected chi connectivity index (χ3v) is 9.78. The van der Waals surface area contributed by atoms with Crippen LogP contribution in [0, 0.1) is 17.8 Å². The van der Waals surface area contributed by atoms with Gasteiger partial charge in [0.15, 0.2) is 11.9 Å². The number of carbonyl (C=O) groups is 2. The molecule has 0 aromatic heterocycles. The van der Waals surface area contributed by atoms with Crippen molar-refractivity contribution < 1.29 is 28.6 Å². The molecular formula is C35H43NO6. The van der Waals surface area contributed by atoms with E-state index in [2.05, 4.69) is 35.8 Å². The minimum absolute atomic E-state index is 0.0717. The first-order valence-corrected chi connectivity index (χ1v) is 15.5. The van der Waals surface area contributed by atoms with Crippen LogP contribution >= 0.6 is 0 Å². The van der Waals surface area contributed by atoms with Gasteiger partial charge in [0.2, 0.25) is 0 Å². The van der Waals surface area contributed by atoms with Gasteiger partial charge in [-0.05, 0) is 123 Å². The number of rotatable bonds is 9. The number of hydroxylamine groups is 1. The van der Waals surface area contributed by atoms with Gasteiger partial charge in [-0.3, -0.25) is 4.79 Å². The van der Waals surface area contributed by atoms with E-state index in [1.54, 1.807) is 19.9 Å². The molecule has 7 heteroatoms. The largest absolute Gasteiger partial charge is 0.478 e. The highest BCUT2D eigenvalue weighted by atomic mass is 16.8. The molecule has 224 valence electrons. The fourth-order valence-electron chi connectivity index (χ4n) is 8.04. The normalized spacial score (nSPS) is 28.5. The minimum atomic E-state index is -1.14. The summed E-state index contributed by atoms with van der Waals surface area (Å²) in [6.45, 7) is 4.24.